The van der Waals surface area contributed by atoms with Crippen LogP contribution in [-0.2, 0) is 4.79 Å². The molecule has 0 radical (unpaired) electrons. The Balaban J connectivity index is 0.000000236. The molecule has 1 aliphatic heterocycles. The lowest BCUT2D eigenvalue weighted by atomic mass is 10.4. The minimum Gasteiger partial charge on any atom is -0.304 e. The summed E-state index contributed by atoms with van der Waals surface area (Å²) in [6, 6.07) is 0. The van der Waals surface area contributed by atoms with Crippen molar-refractivity contribution >= 4 is 6.29 Å². The molecule has 0 N–H and O–H groups in total. The van der Waals surface area contributed by atoms with Crippen LogP contribution < -0.4 is 0 Å². The number of nitrogens with zero attached hydrogens (tertiary/aromatic N) is 1. The van der Waals surface area contributed by atoms with Gasteiger partial charge in [0, 0.05) is 0 Å². The molecule has 0 unspecified atom stereocenters. The van der Waals surface area contributed by atoms with Gasteiger partial charge in [0.1, 0.15) is 6.29 Å². The molecule has 0 aromatic heterocycles. The van der Waals surface area contributed by atoms with E-state index in [0.717, 1.165) is 6.29 Å². The first-order valence-electron chi connectivity index (χ1n) is 3.97. The van der Waals surface area contributed by atoms with E-state index in [4.69, 9.17) is 4.79 Å². The summed E-state index contributed by atoms with van der Waals surface area (Å²) in [5.74, 6) is 0. The molecule has 0 aromatic carbocycles. The molecule has 1 saturated heterocycles. The van der Waals surface area contributed by atoms with Gasteiger partial charge in [0.15, 0.2) is 0 Å². The molecule has 0 aromatic rings. The van der Waals surface area contributed by atoms with Crippen molar-refractivity contribution in [2.24, 2.45) is 0 Å². The summed E-state index contributed by atoms with van der Waals surface area (Å²) in [5, 5.41) is 0. The van der Waals surface area contributed by atoms with E-state index in [0.29, 0.717) is 0 Å². The molecule has 0 aliphatic carbocycles. The third-order valence-corrected chi connectivity index (χ3v) is 1.65. The highest BCUT2D eigenvalue weighted by Gasteiger charge is 2.06. The van der Waals surface area contributed by atoms with Crippen molar-refractivity contribution in [3.63, 3.8) is 0 Å². The number of hydrogen-bond donors (Lipinski definition) is 0. The summed E-state index contributed by atoms with van der Waals surface area (Å²) < 4.78 is 0. The molecule has 2 nitrogen and oxygen atoms in total. The molecule has 1 rings (SSSR count). The molecule has 0 bridgehead atoms. The van der Waals surface area contributed by atoms with Crippen molar-refractivity contribution in [2.45, 2.75) is 26.7 Å². The second kappa shape index (κ2) is 6.75. The van der Waals surface area contributed by atoms with Crippen molar-refractivity contribution in [1.82, 2.24) is 4.90 Å². The molecule has 0 spiro atoms. The number of likely N-dealkylation sites (tertiary alicyclic amines) is 1. The van der Waals surface area contributed by atoms with Crippen molar-refractivity contribution in [3.05, 3.63) is 0 Å². The molecular weight excluding hydrogens is 126 g/mol. The third kappa shape index (κ3) is 4.50. The lowest BCUT2D eigenvalue weighted by Crippen LogP contribution is -2.17. The molecule has 1 heterocycles. The fourth-order valence-electron chi connectivity index (χ4n) is 1.10. The Kier molecular flexibility index (Phi) is 6.50. The van der Waals surface area contributed by atoms with E-state index in [2.05, 4.69) is 11.8 Å². The molecular formula is C8H17NO. The van der Waals surface area contributed by atoms with Crippen LogP contribution in [-0.4, -0.2) is 30.8 Å². The van der Waals surface area contributed by atoms with E-state index in [1.165, 1.54) is 39.4 Å². The average Bonchev–Trinajstić information content (AvgIpc) is 2.39. The normalized spacial score (nSPS) is 17.8. The molecule has 10 heavy (non-hydrogen) atoms. The van der Waals surface area contributed by atoms with Gasteiger partial charge in [-0.25, -0.2) is 0 Å². The highest BCUT2D eigenvalue weighted by atomic mass is 16.1. The number of aldehydes is 1. The van der Waals surface area contributed by atoms with Crippen LogP contribution in [0.2, 0.25) is 0 Å². The zero-order chi connectivity index (χ0) is 7.82. The first-order chi connectivity index (χ1) is 4.85. The monoisotopic (exact) mass is 143 g/mol. The van der Waals surface area contributed by atoms with Crippen LogP contribution in [0.3, 0.4) is 0 Å². The molecule has 0 saturated carbocycles. The minimum atomic E-state index is 0.750. The predicted octanol–water partition coefficient (Wildman–Crippen LogP) is 1.31. The summed E-state index contributed by atoms with van der Waals surface area (Å²) >= 11 is 0. The second-order valence-electron chi connectivity index (χ2n) is 2.38. The summed E-state index contributed by atoms with van der Waals surface area (Å²) in [5.41, 5.74) is 0. The fourth-order valence-corrected chi connectivity index (χ4v) is 1.10. The Bertz CT molecular complexity index is 77.3. The van der Waals surface area contributed by atoms with Gasteiger partial charge < -0.3 is 9.69 Å². The maximum Gasteiger partial charge on any atom is 0.116 e. The number of hydrogen-bond acceptors (Lipinski definition) is 2. The quantitative estimate of drug-likeness (QED) is 0.516. The van der Waals surface area contributed by atoms with Crippen LogP contribution in [0.5, 0.6) is 0 Å². The van der Waals surface area contributed by atoms with Gasteiger partial charge in [-0.1, -0.05) is 6.92 Å². The summed E-state index contributed by atoms with van der Waals surface area (Å²) in [6.07, 6.45) is 3.60. The molecule has 1 aliphatic rings. The molecule has 1 fully saturated rings. The second-order valence-corrected chi connectivity index (χ2v) is 2.38. The number of rotatable bonds is 1. The SMILES string of the molecule is CC=O.CCN1CCCC1. The first-order valence-corrected chi connectivity index (χ1v) is 3.97. The topological polar surface area (TPSA) is 20.3 Å². The summed E-state index contributed by atoms with van der Waals surface area (Å²) in [4.78, 5) is 11.3. The Morgan fingerprint density at radius 1 is 1.40 bits per heavy atom. The van der Waals surface area contributed by atoms with Gasteiger partial charge in [0.05, 0.1) is 0 Å². The largest absolute Gasteiger partial charge is 0.304 e. The van der Waals surface area contributed by atoms with Gasteiger partial charge >= 0.3 is 0 Å². The van der Waals surface area contributed by atoms with E-state index in [1.54, 1.807) is 0 Å². The first kappa shape index (κ1) is 9.63. The van der Waals surface area contributed by atoms with E-state index in [-0.39, 0.29) is 0 Å². The molecule has 60 valence electrons. The Morgan fingerprint density at radius 3 is 2.00 bits per heavy atom. The Morgan fingerprint density at radius 2 is 1.80 bits per heavy atom. The van der Waals surface area contributed by atoms with Crippen molar-refractivity contribution in [2.75, 3.05) is 19.6 Å². The van der Waals surface area contributed by atoms with E-state index in [1.807, 2.05) is 0 Å². The van der Waals surface area contributed by atoms with Crippen LogP contribution in [0.1, 0.15) is 26.7 Å². The summed E-state index contributed by atoms with van der Waals surface area (Å²) in [6.45, 7) is 7.61. The fraction of sp³-hybridized carbons (Fsp3) is 0.875. The maximum atomic E-state index is 8.81. The van der Waals surface area contributed by atoms with Crippen LogP contribution in [0, 0.1) is 0 Å². The lowest BCUT2D eigenvalue weighted by Gasteiger charge is -2.08. The van der Waals surface area contributed by atoms with Crippen LogP contribution >= 0.6 is 0 Å². The van der Waals surface area contributed by atoms with Crippen molar-refractivity contribution in [1.29, 1.82) is 0 Å². The minimum absolute atomic E-state index is 0.750. The maximum absolute atomic E-state index is 8.81. The highest BCUT2D eigenvalue weighted by Crippen LogP contribution is 2.04. The van der Waals surface area contributed by atoms with Crippen LogP contribution in [0.25, 0.3) is 0 Å². The number of carbonyl (C=O) groups is 1. The third-order valence-electron chi connectivity index (χ3n) is 1.65. The van der Waals surface area contributed by atoms with Gasteiger partial charge in [0.25, 0.3) is 0 Å². The Hall–Kier alpha value is -0.370. The summed E-state index contributed by atoms with van der Waals surface area (Å²) in [7, 11) is 0. The van der Waals surface area contributed by atoms with Crippen LogP contribution in [0.4, 0.5) is 0 Å². The standard InChI is InChI=1S/C6H13N.C2H4O/c1-2-7-5-3-4-6-7;1-2-3/h2-6H2,1H3;2H,1H3. The van der Waals surface area contributed by atoms with Crippen molar-refractivity contribution in [3.8, 4) is 0 Å². The smallest absolute Gasteiger partial charge is 0.116 e. The predicted molar refractivity (Wildman–Crippen MR) is 43.1 cm³/mol. The van der Waals surface area contributed by atoms with Crippen LogP contribution in [0.15, 0.2) is 0 Å². The van der Waals surface area contributed by atoms with E-state index in [9.17, 15) is 0 Å². The van der Waals surface area contributed by atoms with Gasteiger partial charge in [-0.15, -0.1) is 0 Å². The number of carbonyl (C=O) groups excluding carboxylic acids is 1. The zero-order valence-electron chi connectivity index (χ0n) is 6.97. The van der Waals surface area contributed by atoms with E-state index >= 15 is 0 Å². The van der Waals surface area contributed by atoms with Gasteiger partial charge in [-0.05, 0) is 39.4 Å². The van der Waals surface area contributed by atoms with E-state index < -0.39 is 0 Å². The van der Waals surface area contributed by atoms with Crippen molar-refractivity contribution < 1.29 is 4.79 Å². The zero-order valence-corrected chi connectivity index (χ0v) is 6.97. The van der Waals surface area contributed by atoms with Gasteiger partial charge in [-0.2, -0.15) is 0 Å². The Labute approximate surface area is 63.2 Å². The lowest BCUT2D eigenvalue weighted by molar-refractivity contribution is -0.106. The average molecular weight is 143 g/mol. The molecule has 2 heteroatoms. The molecule has 0 atom stereocenters. The molecule has 0 amide bonds. The van der Waals surface area contributed by atoms with Gasteiger partial charge in [-0.3, -0.25) is 0 Å². The van der Waals surface area contributed by atoms with Gasteiger partial charge in [0.2, 0.25) is 0 Å². The highest BCUT2D eigenvalue weighted by molar-refractivity contribution is 5.44.